The standard InChI is InChI=1S/C21H27N3O2/c1-2-4-16-5-3-12-24(14-16)15-17-6-8-18(9-7-17)26-20-10-11-23-13-19(20)21(22)25/h6-11,13,16H,2-5,12,14-15H2,1H3,(H2,22,25). The number of pyridine rings is 1. The van der Waals surface area contributed by atoms with Gasteiger partial charge >= 0.3 is 0 Å². The topological polar surface area (TPSA) is 68.4 Å². The molecule has 0 radical (unpaired) electrons. The first kappa shape index (κ1) is 18.4. The molecule has 1 aromatic carbocycles. The number of hydrogen-bond donors (Lipinski definition) is 1. The summed E-state index contributed by atoms with van der Waals surface area (Å²) < 4.78 is 5.81. The van der Waals surface area contributed by atoms with Crippen molar-refractivity contribution in [1.82, 2.24) is 9.88 Å². The van der Waals surface area contributed by atoms with Crippen molar-refractivity contribution >= 4 is 5.91 Å². The molecule has 1 fully saturated rings. The van der Waals surface area contributed by atoms with Gasteiger partial charge in [-0.05, 0) is 55.5 Å². The normalized spacial score (nSPS) is 17.8. The first-order valence-electron chi connectivity index (χ1n) is 9.38. The van der Waals surface area contributed by atoms with Crippen LogP contribution in [0.1, 0.15) is 48.5 Å². The number of piperidine rings is 1. The number of aromatic nitrogens is 1. The van der Waals surface area contributed by atoms with Gasteiger partial charge in [-0.2, -0.15) is 0 Å². The van der Waals surface area contributed by atoms with E-state index in [-0.39, 0.29) is 5.56 Å². The van der Waals surface area contributed by atoms with Gasteiger partial charge in [0.15, 0.2) is 0 Å². The zero-order valence-corrected chi connectivity index (χ0v) is 15.4. The molecular formula is C21H27N3O2. The minimum atomic E-state index is -0.545. The number of likely N-dealkylation sites (tertiary alicyclic amines) is 1. The third kappa shape index (κ3) is 4.82. The van der Waals surface area contributed by atoms with E-state index in [9.17, 15) is 4.79 Å². The highest BCUT2D eigenvalue weighted by atomic mass is 16.5. The molecule has 26 heavy (non-hydrogen) atoms. The third-order valence-corrected chi connectivity index (χ3v) is 4.90. The van der Waals surface area contributed by atoms with Gasteiger partial charge in [0.2, 0.25) is 0 Å². The lowest BCUT2D eigenvalue weighted by Crippen LogP contribution is -2.34. The molecule has 3 rings (SSSR count). The lowest BCUT2D eigenvalue weighted by atomic mass is 9.93. The van der Waals surface area contributed by atoms with Crippen molar-refractivity contribution in [1.29, 1.82) is 0 Å². The van der Waals surface area contributed by atoms with E-state index in [0.29, 0.717) is 11.5 Å². The second-order valence-electron chi connectivity index (χ2n) is 7.01. The molecule has 1 aromatic heterocycles. The number of nitrogens with zero attached hydrogens (tertiary/aromatic N) is 2. The second kappa shape index (κ2) is 8.81. The highest BCUT2D eigenvalue weighted by Crippen LogP contribution is 2.26. The van der Waals surface area contributed by atoms with E-state index < -0.39 is 5.91 Å². The quantitative estimate of drug-likeness (QED) is 0.817. The molecule has 2 heterocycles. The number of nitrogens with two attached hydrogens (primary N) is 1. The fraction of sp³-hybridized carbons (Fsp3) is 0.429. The SMILES string of the molecule is CCCC1CCCN(Cc2ccc(Oc3ccncc3C(N)=O)cc2)C1. The van der Waals surface area contributed by atoms with Crippen LogP contribution in [0.3, 0.4) is 0 Å². The van der Waals surface area contributed by atoms with Crippen LogP contribution in [-0.4, -0.2) is 28.9 Å². The predicted octanol–water partition coefficient (Wildman–Crippen LogP) is 3.98. The number of amides is 1. The highest BCUT2D eigenvalue weighted by Gasteiger charge is 2.19. The lowest BCUT2D eigenvalue weighted by Gasteiger charge is -2.32. The Labute approximate surface area is 155 Å². The van der Waals surface area contributed by atoms with E-state index in [2.05, 4.69) is 28.9 Å². The molecule has 2 N–H and O–H groups in total. The van der Waals surface area contributed by atoms with Crippen LogP contribution in [0.15, 0.2) is 42.7 Å². The van der Waals surface area contributed by atoms with Crippen molar-refractivity contribution < 1.29 is 9.53 Å². The molecule has 2 aromatic rings. The number of carbonyl (C=O) groups is 1. The summed E-state index contributed by atoms with van der Waals surface area (Å²) in [7, 11) is 0. The summed E-state index contributed by atoms with van der Waals surface area (Å²) in [6, 6.07) is 9.70. The zero-order chi connectivity index (χ0) is 18.4. The smallest absolute Gasteiger partial charge is 0.254 e. The maximum atomic E-state index is 11.5. The van der Waals surface area contributed by atoms with Crippen molar-refractivity contribution in [2.45, 2.75) is 39.2 Å². The van der Waals surface area contributed by atoms with Crippen LogP contribution in [0.2, 0.25) is 0 Å². The van der Waals surface area contributed by atoms with Crippen LogP contribution >= 0.6 is 0 Å². The molecule has 1 aliphatic rings. The summed E-state index contributed by atoms with van der Waals surface area (Å²) in [4.78, 5) is 17.9. The van der Waals surface area contributed by atoms with Gasteiger partial charge in [-0.25, -0.2) is 0 Å². The van der Waals surface area contributed by atoms with Crippen LogP contribution < -0.4 is 10.5 Å². The molecule has 1 unspecified atom stereocenters. The Hall–Kier alpha value is -2.40. The van der Waals surface area contributed by atoms with E-state index in [1.54, 1.807) is 12.3 Å². The molecule has 1 aliphatic heterocycles. The molecular weight excluding hydrogens is 326 g/mol. The molecule has 0 saturated carbocycles. The Morgan fingerprint density at radius 1 is 1.31 bits per heavy atom. The molecule has 5 heteroatoms. The monoisotopic (exact) mass is 353 g/mol. The predicted molar refractivity (Wildman–Crippen MR) is 102 cm³/mol. The molecule has 1 atom stereocenters. The Bertz CT molecular complexity index is 728. The fourth-order valence-corrected chi connectivity index (χ4v) is 3.64. The van der Waals surface area contributed by atoms with Crippen LogP contribution in [0, 0.1) is 5.92 Å². The summed E-state index contributed by atoms with van der Waals surface area (Å²) in [5.74, 6) is 1.41. The Morgan fingerprint density at radius 2 is 2.12 bits per heavy atom. The minimum absolute atomic E-state index is 0.284. The lowest BCUT2D eigenvalue weighted by molar-refractivity contribution is 0.0997. The van der Waals surface area contributed by atoms with E-state index in [0.717, 1.165) is 12.5 Å². The number of primary amides is 1. The summed E-state index contributed by atoms with van der Waals surface area (Å²) in [6.07, 6.45) is 8.27. The maximum Gasteiger partial charge on any atom is 0.254 e. The summed E-state index contributed by atoms with van der Waals surface area (Å²) in [6.45, 7) is 5.62. The van der Waals surface area contributed by atoms with Gasteiger partial charge in [-0.1, -0.05) is 25.5 Å². The number of ether oxygens (including phenoxy) is 1. The second-order valence-corrected chi connectivity index (χ2v) is 7.01. The van der Waals surface area contributed by atoms with E-state index in [1.807, 2.05) is 12.1 Å². The van der Waals surface area contributed by atoms with Crippen molar-refractivity contribution in [3.63, 3.8) is 0 Å². The average Bonchev–Trinajstić information content (AvgIpc) is 2.64. The largest absolute Gasteiger partial charge is 0.456 e. The van der Waals surface area contributed by atoms with Crippen molar-refractivity contribution in [2.75, 3.05) is 13.1 Å². The molecule has 138 valence electrons. The molecule has 0 spiro atoms. The number of carbonyl (C=O) groups excluding carboxylic acids is 1. The van der Waals surface area contributed by atoms with Crippen LogP contribution in [0.4, 0.5) is 0 Å². The summed E-state index contributed by atoms with van der Waals surface area (Å²) >= 11 is 0. The van der Waals surface area contributed by atoms with Gasteiger partial charge in [0.1, 0.15) is 17.1 Å². The highest BCUT2D eigenvalue weighted by molar-refractivity contribution is 5.95. The third-order valence-electron chi connectivity index (χ3n) is 4.90. The van der Waals surface area contributed by atoms with Gasteiger partial charge in [0.25, 0.3) is 5.91 Å². The summed E-state index contributed by atoms with van der Waals surface area (Å²) in [5.41, 5.74) is 6.93. The minimum Gasteiger partial charge on any atom is -0.456 e. The van der Waals surface area contributed by atoms with Crippen molar-refractivity contribution in [3.05, 3.63) is 53.9 Å². The molecule has 1 saturated heterocycles. The summed E-state index contributed by atoms with van der Waals surface area (Å²) in [5, 5.41) is 0. The number of hydrogen-bond acceptors (Lipinski definition) is 4. The van der Waals surface area contributed by atoms with Crippen LogP contribution in [0.25, 0.3) is 0 Å². The van der Waals surface area contributed by atoms with Gasteiger partial charge in [-0.3, -0.25) is 14.7 Å². The Balaban J connectivity index is 1.61. The number of rotatable bonds is 7. The maximum absolute atomic E-state index is 11.5. The average molecular weight is 353 g/mol. The number of benzene rings is 1. The van der Waals surface area contributed by atoms with E-state index >= 15 is 0 Å². The first-order chi connectivity index (χ1) is 12.7. The van der Waals surface area contributed by atoms with Crippen LogP contribution in [-0.2, 0) is 6.54 Å². The molecule has 0 bridgehead atoms. The first-order valence-corrected chi connectivity index (χ1v) is 9.38. The Morgan fingerprint density at radius 3 is 2.85 bits per heavy atom. The van der Waals surface area contributed by atoms with Gasteiger partial charge in [0, 0.05) is 25.5 Å². The van der Waals surface area contributed by atoms with E-state index in [1.165, 1.54) is 50.5 Å². The zero-order valence-electron chi connectivity index (χ0n) is 15.4. The van der Waals surface area contributed by atoms with Crippen molar-refractivity contribution in [3.8, 4) is 11.5 Å². The fourth-order valence-electron chi connectivity index (χ4n) is 3.64. The van der Waals surface area contributed by atoms with E-state index in [4.69, 9.17) is 10.5 Å². The van der Waals surface area contributed by atoms with Gasteiger partial charge < -0.3 is 10.5 Å². The van der Waals surface area contributed by atoms with Crippen LogP contribution in [0.5, 0.6) is 11.5 Å². The molecule has 1 amide bonds. The Kier molecular flexibility index (Phi) is 6.23. The van der Waals surface area contributed by atoms with Crippen molar-refractivity contribution in [2.24, 2.45) is 11.7 Å². The molecule has 0 aliphatic carbocycles. The molecule has 5 nitrogen and oxygen atoms in total. The van der Waals surface area contributed by atoms with Gasteiger partial charge in [0.05, 0.1) is 0 Å². The van der Waals surface area contributed by atoms with Gasteiger partial charge in [-0.15, -0.1) is 0 Å².